The number of carbonyl (C=O) groups is 2. The maximum Gasteiger partial charge on any atom is 0.337 e. The van der Waals surface area contributed by atoms with Crippen molar-refractivity contribution in [1.82, 2.24) is 0 Å². The molecule has 0 aliphatic carbocycles. The van der Waals surface area contributed by atoms with Crippen molar-refractivity contribution in [3.63, 3.8) is 0 Å². The predicted octanol–water partition coefficient (Wildman–Crippen LogP) is 3.99. The Balaban J connectivity index is 2.37. The first-order valence-corrected chi connectivity index (χ1v) is 7.83. The van der Waals surface area contributed by atoms with E-state index in [9.17, 15) is 19.1 Å². The number of rotatable bonds is 3. The molecule has 7 heteroatoms. The molecule has 2 N–H and O–H groups in total. The number of benzene rings is 2. The molecule has 0 aliphatic rings. The van der Waals surface area contributed by atoms with Gasteiger partial charge in [-0.3, -0.25) is 4.79 Å². The summed E-state index contributed by atoms with van der Waals surface area (Å²) >= 11 is 3.97. The number of carboxylic acids is 1. The first-order chi connectivity index (χ1) is 9.88. The zero-order valence-electron chi connectivity index (χ0n) is 10.4. The molecule has 0 atom stereocenters. The predicted molar refractivity (Wildman–Crippen MR) is 93.2 cm³/mol. The summed E-state index contributed by atoms with van der Waals surface area (Å²) in [4.78, 5) is 23.4. The quantitative estimate of drug-likeness (QED) is 0.614. The Labute approximate surface area is 147 Å². The number of amides is 1. The lowest BCUT2D eigenvalue weighted by molar-refractivity contribution is 0.0698. The van der Waals surface area contributed by atoms with E-state index in [0.717, 1.165) is 3.57 Å². The minimum absolute atomic E-state index is 0.0155. The van der Waals surface area contributed by atoms with Gasteiger partial charge in [-0.15, -0.1) is 0 Å². The second kappa shape index (κ2) is 6.69. The van der Waals surface area contributed by atoms with E-state index in [-0.39, 0.29) is 16.8 Å². The molecule has 0 fully saturated rings. The Morgan fingerprint density at radius 1 is 1.10 bits per heavy atom. The largest absolute Gasteiger partial charge is 0.478 e. The summed E-state index contributed by atoms with van der Waals surface area (Å²) in [5.41, 5.74) is 0.502. The molecule has 4 nitrogen and oxygen atoms in total. The third-order valence-corrected chi connectivity index (χ3v) is 4.10. The van der Waals surface area contributed by atoms with Gasteiger partial charge in [-0.05, 0) is 81.6 Å². The van der Waals surface area contributed by atoms with Gasteiger partial charge in [0.2, 0.25) is 0 Å². The van der Waals surface area contributed by atoms with Crippen LogP contribution in [0.3, 0.4) is 0 Å². The minimum atomic E-state index is -1.12. The van der Waals surface area contributed by atoms with E-state index in [4.69, 9.17) is 0 Å². The molecule has 2 aromatic rings. The van der Waals surface area contributed by atoms with Crippen molar-refractivity contribution >= 4 is 62.7 Å². The molecule has 0 saturated carbocycles. The smallest absolute Gasteiger partial charge is 0.337 e. The van der Waals surface area contributed by atoms with Gasteiger partial charge in [-0.25, -0.2) is 9.18 Å². The van der Waals surface area contributed by atoms with Gasteiger partial charge in [0.05, 0.1) is 11.3 Å². The number of halogens is 3. The van der Waals surface area contributed by atoms with Crippen LogP contribution in [0, 0.1) is 13.0 Å². The molecule has 0 aliphatic heterocycles. The third kappa shape index (κ3) is 3.90. The second-order valence-electron chi connectivity index (χ2n) is 4.08. The number of carbonyl (C=O) groups excluding carboxylic acids is 1. The summed E-state index contributed by atoms with van der Waals surface area (Å²) in [6.07, 6.45) is 0. The Hall–Kier alpha value is -1.23. The van der Waals surface area contributed by atoms with Crippen molar-refractivity contribution in [2.45, 2.75) is 0 Å². The molecule has 2 aromatic carbocycles. The van der Waals surface area contributed by atoms with Crippen molar-refractivity contribution in [3.05, 3.63) is 60.5 Å². The zero-order chi connectivity index (χ0) is 15.6. The molecule has 0 unspecified atom stereocenters. The fraction of sp³-hybridized carbons (Fsp3) is 0. The standard InChI is InChI=1S/C14H8FI2NO3/c15-8-3-1-7(2-4-8)13(19)18-12-10(14(20)21)5-9(16)6-11(12)17/h1-6H,(H,18,19)(H,20,21). The van der Waals surface area contributed by atoms with E-state index in [1.54, 1.807) is 6.07 Å². The maximum atomic E-state index is 12.8. The Bertz CT molecular complexity index is 717. The van der Waals surface area contributed by atoms with Crippen LogP contribution in [0.15, 0.2) is 36.4 Å². The van der Waals surface area contributed by atoms with Crippen LogP contribution in [0.5, 0.6) is 0 Å². The summed E-state index contributed by atoms with van der Waals surface area (Å²) in [5.74, 6) is -2.06. The molecule has 2 rings (SSSR count). The lowest BCUT2D eigenvalue weighted by Gasteiger charge is -2.11. The monoisotopic (exact) mass is 511 g/mol. The molecule has 0 spiro atoms. The highest BCUT2D eigenvalue weighted by Crippen LogP contribution is 2.26. The van der Waals surface area contributed by atoms with Crippen molar-refractivity contribution in [2.75, 3.05) is 5.32 Å². The van der Waals surface area contributed by atoms with Crippen LogP contribution >= 0.6 is 45.2 Å². The molecule has 108 valence electrons. The van der Waals surface area contributed by atoms with Crippen LogP contribution in [0.1, 0.15) is 20.7 Å². The van der Waals surface area contributed by atoms with Crippen LogP contribution in [-0.2, 0) is 0 Å². The van der Waals surface area contributed by atoms with E-state index < -0.39 is 17.7 Å². The van der Waals surface area contributed by atoms with Gasteiger partial charge in [-0.1, -0.05) is 0 Å². The molecule has 0 aromatic heterocycles. The van der Waals surface area contributed by atoms with E-state index >= 15 is 0 Å². The summed E-state index contributed by atoms with van der Waals surface area (Å²) < 4.78 is 14.2. The van der Waals surface area contributed by atoms with Crippen LogP contribution < -0.4 is 5.32 Å². The molecule has 0 heterocycles. The number of aromatic carboxylic acids is 1. The molecular formula is C14H8FI2NO3. The van der Waals surface area contributed by atoms with Crippen molar-refractivity contribution < 1.29 is 19.1 Å². The van der Waals surface area contributed by atoms with Crippen LogP contribution in [0.4, 0.5) is 10.1 Å². The summed E-state index contributed by atoms with van der Waals surface area (Å²) in [5, 5.41) is 11.8. The normalized spacial score (nSPS) is 10.2. The highest BCUT2D eigenvalue weighted by Gasteiger charge is 2.17. The van der Waals surface area contributed by atoms with Gasteiger partial charge >= 0.3 is 5.97 Å². The van der Waals surface area contributed by atoms with Gasteiger partial charge in [0.25, 0.3) is 5.91 Å². The average molecular weight is 511 g/mol. The molecule has 0 radical (unpaired) electrons. The Kier molecular flexibility index (Phi) is 5.14. The molecular weight excluding hydrogens is 503 g/mol. The van der Waals surface area contributed by atoms with Gasteiger partial charge in [-0.2, -0.15) is 0 Å². The van der Waals surface area contributed by atoms with Crippen LogP contribution in [0.25, 0.3) is 0 Å². The van der Waals surface area contributed by atoms with Gasteiger partial charge < -0.3 is 10.4 Å². The van der Waals surface area contributed by atoms with Crippen molar-refractivity contribution in [3.8, 4) is 0 Å². The second-order valence-corrected chi connectivity index (χ2v) is 6.48. The number of anilines is 1. The Morgan fingerprint density at radius 2 is 1.71 bits per heavy atom. The van der Waals surface area contributed by atoms with E-state index in [2.05, 4.69) is 5.32 Å². The van der Waals surface area contributed by atoms with Crippen LogP contribution in [-0.4, -0.2) is 17.0 Å². The first kappa shape index (κ1) is 16.1. The third-order valence-electron chi connectivity index (χ3n) is 2.63. The van der Waals surface area contributed by atoms with Gasteiger partial charge in [0, 0.05) is 12.7 Å². The lowest BCUT2D eigenvalue weighted by Crippen LogP contribution is -2.16. The van der Waals surface area contributed by atoms with E-state index in [0.29, 0.717) is 3.57 Å². The maximum absolute atomic E-state index is 12.8. The zero-order valence-corrected chi connectivity index (χ0v) is 14.7. The summed E-state index contributed by atoms with van der Waals surface area (Å²) in [6.45, 7) is 0. The number of nitrogens with one attached hydrogen (secondary N) is 1. The first-order valence-electron chi connectivity index (χ1n) is 5.67. The van der Waals surface area contributed by atoms with E-state index in [1.807, 2.05) is 45.2 Å². The Morgan fingerprint density at radius 3 is 2.29 bits per heavy atom. The molecule has 0 bridgehead atoms. The molecule has 0 saturated heterocycles. The topological polar surface area (TPSA) is 66.4 Å². The minimum Gasteiger partial charge on any atom is -0.478 e. The SMILES string of the molecule is O=C(Nc1c(I)cc(I)cc1C(=O)O)c1ccc(F)cc1. The summed E-state index contributed by atoms with van der Waals surface area (Å²) in [6, 6.07) is 8.26. The van der Waals surface area contributed by atoms with Crippen molar-refractivity contribution in [1.29, 1.82) is 0 Å². The van der Waals surface area contributed by atoms with Crippen molar-refractivity contribution in [2.24, 2.45) is 0 Å². The molecule has 1 amide bonds. The fourth-order valence-corrected chi connectivity index (χ4v) is 3.64. The highest BCUT2D eigenvalue weighted by atomic mass is 127. The number of hydrogen-bond acceptors (Lipinski definition) is 2. The van der Waals surface area contributed by atoms with Gasteiger partial charge in [0.1, 0.15) is 5.82 Å². The number of carboxylic acid groups (broad SMARTS) is 1. The summed E-state index contributed by atoms with van der Waals surface area (Å²) in [7, 11) is 0. The van der Waals surface area contributed by atoms with Gasteiger partial charge in [0.15, 0.2) is 0 Å². The lowest BCUT2D eigenvalue weighted by atomic mass is 10.1. The fourth-order valence-electron chi connectivity index (χ4n) is 1.66. The van der Waals surface area contributed by atoms with Crippen LogP contribution in [0.2, 0.25) is 0 Å². The molecule has 21 heavy (non-hydrogen) atoms. The number of hydrogen-bond donors (Lipinski definition) is 2. The highest BCUT2D eigenvalue weighted by molar-refractivity contribution is 14.1. The van der Waals surface area contributed by atoms with E-state index in [1.165, 1.54) is 30.3 Å². The average Bonchev–Trinajstić information content (AvgIpc) is 2.41.